The van der Waals surface area contributed by atoms with Gasteiger partial charge in [-0.05, 0) is 19.8 Å². The van der Waals surface area contributed by atoms with Crippen molar-refractivity contribution in [3.8, 4) is 0 Å². The molecule has 3 heteroatoms. The molecule has 14 heavy (non-hydrogen) atoms. The van der Waals surface area contributed by atoms with Crippen LogP contribution in [0.5, 0.6) is 0 Å². The summed E-state index contributed by atoms with van der Waals surface area (Å²) >= 11 is 0. The fraction of sp³-hybridized carbons (Fsp3) is 1.00. The quantitative estimate of drug-likeness (QED) is 0.706. The second-order valence-corrected chi connectivity index (χ2v) is 4.35. The maximum Gasteiger partial charge on any atom is 0.113 e. The Kier molecular flexibility index (Phi) is 5.45. The summed E-state index contributed by atoms with van der Waals surface area (Å²) in [6, 6.07) is 1.18. The van der Waals surface area contributed by atoms with E-state index in [0.29, 0.717) is 18.2 Å². The van der Waals surface area contributed by atoms with E-state index >= 15 is 0 Å². The van der Waals surface area contributed by atoms with Gasteiger partial charge >= 0.3 is 0 Å². The first-order valence-electron chi connectivity index (χ1n) is 5.64. The Bertz CT molecular complexity index is 152. The molecule has 0 saturated heterocycles. The summed E-state index contributed by atoms with van der Waals surface area (Å²) in [7, 11) is 3.59. The highest BCUT2D eigenvalue weighted by molar-refractivity contribution is 4.74. The second kappa shape index (κ2) is 6.38. The van der Waals surface area contributed by atoms with E-state index in [1.165, 1.54) is 25.7 Å². The zero-order valence-corrected chi connectivity index (χ0v) is 9.66. The molecule has 2 N–H and O–H groups in total. The van der Waals surface area contributed by atoms with Gasteiger partial charge in [0.05, 0.1) is 6.61 Å². The van der Waals surface area contributed by atoms with Crippen molar-refractivity contribution in [2.75, 3.05) is 20.8 Å². The number of rotatable bonds is 5. The van der Waals surface area contributed by atoms with Gasteiger partial charge in [0.15, 0.2) is 0 Å². The molecule has 1 saturated carbocycles. The number of nitrogens with two attached hydrogens (primary N) is 1. The van der Waals surface area contributed by atoms with Gasteiger partial charge in [-0.1, -0.05) is 6.42 Å². The number of quaternary nitrogens is 1. The van der Waals surface area contributed by atoms with Crippen LogP contribution in [-0.4, -0.2) is 39.0 Å². The normalized spacial score (nSPS) is 30.2. The molecule has 1 aliphatic carbocycles. The predicted octanol–water partition coefficient (Wildman–Crippen LogP) is 0.542. The lowest BCUT2D eigenvalue weighted by atomic mass is 9.92. The standard InChI is InChI=1S/C11H23NO2/c1-9(8-13-2)12-10-6-4-5-7-11(10)14-3/h9-12H,4-8H2,1-3H3/p+1/t9-,10+,11-/m0/s1. The summed E-state index contributed by atoms with van der Waals surface area (Å²) in [5.74, 6) is 0. The third-order valence-corrected chi connectivity index (χ3v) is 3.06. The lowest BCUT2D eigenvalue weighted by molar-refractivity contribution is -0.728. The summed E-state index contributed by atoms with van der Waals surface area (Å²) in [6.07, 6.45) is 5.62. The largest absolute Gasteiger partial charge is 0.379 e. The van der Waals surface area contributed by atoms with Crippen LogP contribution in [0.15, 0.2) is 0 Å². The Morgan fingerprint density at radius 3 is 2.64 bits per heavy atom. The monoisotopic (exact) mass is 202 g/mol. The number of methoxy groups -OCH3 is 2. The highest BCUT2D eigenvalue weighted by Gasteiger charge is 2.28. The van der Waals surface area contributed by atoms with Crippen molar-refractivity contribution in [3.05, 3.63) is 0 Å². The van der Waals surface area contributed by atoms with Crippen LogP contribution in [0.25, 0.3) is 0 Å². The molecule has 1 rings (SSSR count). The van der Waals surface area contributed by atoms with Gasteiger partial charge in [0.1, 0.15) is 18.2 Å². The molecule has 0 radical (unpaired) electrons. The minimum Gasteiger partial charge on any atom is -0.379 e. The fourth-order valence-corrected chi connectivity index (χ4v) is 2.38. The average molecular weight is 202 g/mol. The van der Waals surface area contributed by atoms with Crippen molar-refractivity contribution in [1.82, 2.24) is 0 Å². The van der Waals surface area contributed by atoms with Gasteiger partial charge in [-0.2, -0.15) is 0 Å². The van der Waals surface area contributed by atoms with E-state index in [2.05, 4.69) is 12.2 Å². The van der Waals surface area contributed by atoms with Gasteiger partial charge in [-0.3, -0.25) is 0 Å². The van der Waals surface area contributed by atoms with E-state index in [0.717, 1.165) is 6.61 Å². The van der Waals surface area contributed by atoms with Crippen molar-refractivity contribution < 1.29 is 14.8 Å². The SMILES string of the molecule is COC[C@H](C)[NH2+][C@@H]1CCCC[C@@H]1OC. The summed E-state index contributed by atoms with van der Waals surface area (Å²) in [5.41, 5.74) is 0. The third-order valence-electron chi connectivity index (χ3n) is 3.06. The molecule has 0 amide bonds. The molecule has 1 aliphatic rings. The Hall–Kier alpha value is -0.120. The van der Waals surface area contributed by atoms with Crippen LogP contribution in [0, 0.1) is 0 Å². The van der Waals surface area contributed by atoms with Crippen LogP contribution in [0.3, 0.4) is 0 Å². The number of ether oxygens (including phenoxy) is 2. The predicted molar refractivity (Wildman–Crippen MR) is 56.3 cm³/mol. The lowest BCUT2D eigenvalue weighted by Gasteiger charge is -2.30. The van der Waals surface area contributed by atoms with E-state index in [1.807, 2.05) is 7.11 Å². The van der Waals surface area contributed by atoms with Crippen molar-refractivity contribution in [3.63, 3.8) is 0 Å². The second-order valence-electron chi connectivity index (χ2n) is 4.35. The number of hydrogen-bond donors (Lipinski definition) is 1. The van der Waals surface area contributed by atoms with E-state index in [-0.39, 0.29) is 0 Å². The van der Waals surface area contributed by atoms with E-state index < -0.39 is 0 Å². The van der Waals surface area contributed by atoms with Gasteiger partial charge in [0, 0.05) is 20.6 Å². The Labute approximate surface area is 87.2 Å². The lowest BCUT2D eigenvalue weighted by Crippen LogP contribution is -2.97. The molecule has 0 aromatic carbocycles. The minimum atomic E-state index is 0.447. The van der Waals surface area contributed by atoms with Crippen LogP contribution in [0.4, 0.5) is 0 Å². The molecule has 0 unspecified atom stereocenters. The van der Waals surface area contributed by atoms with E-state index in [9.17, 15) is 0 Å². The van der Waals surface area contributed by atoms with Gasteiger partial charge in [-0.25, -0.2) is 0 Å². The molecule has 3 atom stereocenters. The van der Waals surface area contributed by atoms with Crippen LogP contribution in [0.2, 0.25) is 0 Å². The molecule has 3 nitrogen and oxygen atoms in total. The molecule has 1 fully saturated rings. The van der Waals surface area contributed by atoms with Crippen molar-refractivity contribution in [1.29, 1.82) is 0 Å². The Morgan fingerprint density at radius 1 is 1.29 bits per heavy atom. The zero-order chi connectivity index (χ0) is 10.4. The minimum absolute atomic E-state index is 0.447. The van der Waals surface area contributed by atoms with Crippen LogP contribution < -0.4 is 5.32 Å². The molecular formula is C11H24NO2+. The Morgan fingerprint density at radius 2 is 2.00 bits per heavy atom. The summed E-state index contributed by atoms with van der Waals surface area (Å²) in [5, 5.41) is 2.41. The summed E-state index contributed by atoms with van der Waals surface area (Å²) in [4.78, 5) is 0. The number of hydrogen-bond acceptors (Lipinski definition) is 2. The van der Waals surface area contributed by atoms with E-state index in [4.69, 9.17) is 9.47 Å². The van der Waals surface area contributed by atoms with Gasteiger partial charge in [-0.15, -0.1) is 0 Å². The maximum atomic E-state index is 5.51. The van der Waals surface area contributed by atoms with Crippen molar-refractivity contribution >= 4 is 0 Å². The summed E-state index contributed by atoms with van der Waals surface area (Å²) in [6.45, 7) is 3.04. The first kappa shape index (κ1) is 12.0. The fourth-order valence-electron chi connectivity index (χ4n) is 2.38. The highest BCUT2D eigenvalue weighted by Crippen LogP contribution is 2.18. The van der Waals surface area contributed by atoms with E-state index in [1.54, 1.807) is 7.11 Å². The molecule has 0 aliphatic heterocycles. The summed E-state index contributed by atoms with van der Waals surface area (Å²) < 4.78 is 10.7. The van der Waals surface area contributed by atoms with Gasteiger partial charge < -0.3 is 14.8 Å². The van der Waals surface area contributed by atoms with Crippen LogP contribution >= 0.6 is 0 Å². The smallest absolute Gasteiger partial charge is 0.113 e. The van der Waals surface area contributed by atoms with Crippen LogP contribution in [-0.2, 0) is 9.47 Å². The van der Waals surface area contributed by atoms with Crippen molar-refractivity contribution in [2.45, 2.75) is 50.8 Å². The highest BCUT2D eigenvalue weighted by atomic mass is 16.5. The molecule has 0 aromatic rings. The first-order chi connectivity index (χ1) is 6.77. The zero-order valence-electron chi connectivity index (χ0n) is 9.66. The van der Waals surface area contributed by atoms with Gasteiger partial charge in [0.25, 0.3) is 0 Å². The average Bonchev–Trinajstić information content (AvgIpc) is 2.19. The molecule has 84 valence electrons. The van der Waals surface area contributed by atoms with Crippen molar-refractivity contribution in [2.24, 2.45) is 0 Å². The van der Waals surface area contributed by atoms with Crippen LogP contribution in [0.1, 0.15) is 32.6 Å². The topological polar surface area (TPSA) is 35.1 Å². The molecular weight excluding hydrogens is 178 g/mol. The Balaban J connectivity index is 2.32. The molecule has 0 aromatic heterocycles. The third kappa shape index (κ3) is 3.56. The molecule has 0 spiro atoms. The first-order valence-corrected chi connectivity index (χ1v) is 5.64. The van der Waals surface area contributed by atoms with Gasteiger partial charge in [0.2, 0.25) is 0 Å². The maximum absolute atomic E-state index is 5.51. The molecule has 0 heterocycles. The molecule has 0 bridgehead atoms.